The van der Waals surface area contributed by atoms with E-state index in [0.717, 1.165) is 11.4 Å². The zero-order valence-electron chi connectivity index (χ0n) is 8.87. The lowest BCUT2D eigenvalue weighted by Crippen LogP contribution is -1.89. The van der Waals surface area contributed by atoms with Crippen molar-refractivity contribution in [2.24, 2.45) is 0 Å². The van der Waals surface area contributed by atoms with Crippen LogP contribution in [0.1, 0.15) is 5.56 Å². The van der Waals surface area contributed by atoms with E-state index in [0.29, 0.717) is 5.02 Å². The summed E-state index contributed by atoms with van der Waals surface area (Å²) in [6, 6.07) is 13.1. The standard InChI is InChI=1S/C13H12ClNO/c1-9-2-4-10(5-3-9)15-11-6-7-13(16)12(14)8-11/h2-8,15-16H,1H3. The van der Waals surface area contributed by atoms with E-state index in [2.05, 4.69) is 5.32 Å². The Morgan fingerprint density at radius 3 is 2.25 bits per heavy atom. The van der Waals surface area contributed by atoms with Gasteiger partial charge in [-0.2, -0.15) is 0 Å². The molecule has 0 fully saturated rings. The van der Waals surface area contributed by atoms with Gasteiger partial charge in [0, 0.05) is 11.4 Å². The Bertz CT molecular complexity index is 494. The summed E-state index contributed by atoms with van der Waals surface area (Å²) >= 11 is 5.82. The molecule has 0 spiro atoms. The van der Waals surface area contributed by atoms with Crippen molar-refractivity contribution in [2.45, 2.75) is 6.92 Å². The number of benzene rings is 2. The summed E-state index contributed by atoms with van der Waals surface area (Å²) < 4.78 is 0. The lowest BCUT2D eigenvalue weighted by atomic mass is 10.2. The molecule has 0 aromatic heterocycles. The van der Waals surface area contributed by atoms with Crippen molar-refractivity contribution in [3.63, 3.8) is 0 Å². The van der Waals surface area contributed by atoms with Gasteiger partial charge in [-0.25, -0.2) is 0 Å². The third-order valence-corrected chi connectivity index (χ3v) is 2.59. The molecule has 82 valence electrons. The monoisotopic (exact) mass is 233 g/mol. The number of hydrogen-bond acceptors (Lipinski definition) is 2. The van der Waals surface area contributed by atoms with Crippen molar-refractivity contribution in [2.75, 3.05) is 5.32 Å². The van der Waals surface area contributed by atoms with Gasteiger partial charge in [0.15, 0.2) is 0 Å². The van der Waals surface area contributed by atoms with Crippen LogP contribution in [0, 0.1) is 6.92 Å². The Hall–Kier alpha value is -1.67. The Morgan fingerprint density at radius 2 is 1.62 bits per heavy atom. The third-order valence-electron chi connectivity index (χ3n) is 2.29. The van der Waals surface area contributed by atoms with Crippen LogP contribution >= 0.6 is 11.6 Å². The van der Waals surface area contributed by atoms with Gasteiger partial charge >= 0.3 is 0 Å². The Labute approximate surface area is 99.5 Å². The second-order valence-electron chi connectivity index (χ2n) is 3.66. The largest absolute Gasteiger partial charge is 0.506 e. The van der Waals surface area contributed by atoms with Crippen LogP contribution in [0.3, 0.4) is 0 Å². The summed E-state index contributed by atoms with van der Waals surface area (Å²) in [6.07, 6.45) is 0. The first-order valence-electron chi connectivity index (χ1n) is 4.97. The van der Waals surface area contributed by atoms with Gasteiger partial charge in [-0.05, 0) is 37.3 Å². The lowest BCUT2D eigenvalue weighted by molar-refractivity contribution is 0.475. The fourth-order valence-corrected chi connectivity index (χ4v) is 1.57. The average Bonchev–Trinajstić information content (AvgIpc) is 2.27. The Morgan fingerprint density at radius 1 is 1.00 bits per heavy atom. The number of halogens is 1. The number of nitrogens with one attached hydrogen (secondary N) is 1. The van der Waals surface area contributed by atoms with Crippen LogP contribution in [0.25, 0.3) is 0 Å². The zero-order valence-corrected chi connectivity index (χ0v) is 9.62. The molecule has 2 aromatic rings. The molecule has 16 heavy (non-hydrogen) atoms. The summed E-state index contributed by atoms with van der Waals surface area (Å²) in [5.41, 5.74) is 3.06. The van der Waals surface area contributed by atoms with E-state index in [1.54, 1.807) is 18.2 Å². The second kappa shape index (κ2) is 4.45. The summed E-state index contributed by atoms with van der Waals surface area (Å²) in [6.45, 7) is 2.04. The van der Waals surface area contributed by atoms with Crippen molar-refractivity contribution >= 4 is 23.0 Å². The maximum Gasteiger partial charge on any atom is 0.134 e. The van der Waals surface area contributed by atoms with Gasteiger partial charge in [0.2, 0.25) is 0 Å². The maximum absolute atomic E-state index is 9.29. The van der Waals surface area contributed by atoms with E-state index in [1.807, 2.05) is 31.2 Å². The summed E-state index contributed by atoms with van der Waals surface area (Å²) in [7, 11) is 0. The maximum atomic E-state index is 9.29. The summed E-state index contributed by atoms with van der Waals surface area (Å²) in [5, 5.41) is 12.8. The van der Waals surface area contributed by atoms with Crippen LogP contribution in [0.15, 0.2) is 42.5 Å². The minimum Gasteiger partial charge on any atom is -0.506 e. The van der Waals surface area contributed by atoms with Crippen molar-refractivity contribution in [1.82, 2.24) is 0 Å². The van der Waals surface area contributed by atoms with Crippen LogP contribution < -0.4 is 5.32 Å². The number of aryl methyl sites for hydroxylation is 1. The predicted octanol–water partition coefficient (Wildman–Crippen LogP) is 4.10. The van der Waals surface area contributed by atoms with Crippen molar-refractivity contribution in [3.8, 4) is 5.75 Å². The Kier molecular flexibility index (Phi) is 3.02. The first kappa shape index (κ1) is 10.8. The van der Waals surface area contributed by atoms with E-state index in [1.165, 1.54) is 5.56 Å². The molecule has 2 aromatic carbocycles. The van der Waals surface area contributed by atoms with E-state index in [-0.39, 0.29) is 5.75 Å². The van der Waals surface area contributed by atoms with Crippen LogP contribution in [0.5, 0.6) is 5.75 Å². The van der Waals surface area contributed by atoms with Crippen LogP contribution in [0.4, 0.5) is 11.4 Å². The number of phenols is 1. The number of phenolic OH excluding ortho intramolecular Hbond substituents is 1. The van der Waals surface area contributed by atoms with E-state index < -0.39 is 0 Å². The molecule has 2 nitrogen and oxygen atoms in total. The molecule has 0 aliphatic rings. The van der Waals surface area contributed by atoms with Crippen LogP contribution in [-0.4, -0.2) is 5.11 Å². The lowest BCUT2D eigenvalue weighted by Gasteiger charge is -2.07. The SMILES string of the molecule is Cc1ccc(Nc2ccc(O)c(Cl)c2)cc1. The molecule has 2 rings (SSSR count). The van der Waals surface area contributed by atoms with Crippen molar-refractivity contribution in [3.05, 3.63) is 53.1 Å². The molecule has 0 amide bonds. The molecule has 0 aliphatic heterocycles. The highest BCUT2D eigenvalue weighted by Gasteiger charge is 2.00. The first-order valence-corrected chi connectivity index (χ1v) is 5.35. The minimum atomic E-state index is 0.0936. The number of anilines is 2. The molecule has 2 N–H and O–H groups in total. The Balaban J connectivity index is 2.20. The quantitative estimate of drug-likeness (QED) is 0.766. The van der Waals surface area contributed by atoms with Gasteiger partial charge < -0.3 is 10.4 Å². The highest BCUT2D eigenvalue weighted by atomic mass is 35.5. The molecule has 0 saturated heterocycles. The second-order valence-corrected chi connectivity index (χ2v) is 4.06. The smallest absolute Gasteiger partial charge is 0.134 e. The molecule has 0 saturated carbocycles. The van der Waals surface area contributed by atoms with Gasteiger partial charge in [0.05, 0.1) is 5.02 Å². The predicted molar refractivity (Wildman–Crippen MR) is 67.6 cm³/mol. The van der Waals surface area contributed by atoms with Crippen molar-refractivity contribution in [1.29, 1.82) is 0 Å². The minimum absolute atomic E-state index is 0.0936. The summed E-state index contributed by atoms with van der Waals surface area (Å²) in [4.78, 5) is 0. The topological polar surface area (TPSA) is 32.3 Å². The van der Waals surface area contributed by atoms with E-state index in [4.69, 9.17) is 11.6 Å². The molecule has 3 heteroatoms. The van der Waals surface area contributed by atoms with Crippen LogP contribution in [-0.2, 0) is 0 Å². The first-order chi connectivity index (χ1) is 7.65. The van der Waals surface area contributed by atoms with E-state index >= 15 is 0 Å². The number of aromatic hydroxyl groups is 1. The summed E-state index contributed by atoms with van der Waals surface area (Å²) in [5.74, 6) is 0.0936. The molecule has 0 atom stereocenters. The molecule has 0 heterocycles. The molecule has 0 unspecified atom stereocenters. The number of rotatable bonds is 2. The van der Waals surface area contributed by atoms with Crippen LogP contribution in [0.2, 0.25) is 5.02 Å². The van der Waals surface area contributed by atoms with Gasteiger partial charge in [0.25, 0.3) is 0 Å². The fraction of sp³-hybridized carbons (Fsp3) is 0.0769. The van der Waals surface area contributed by atoms with Gasteiger partial charge in [-0.1, -0.05) is 29.3 Å². The van der Waals surface area contributed by atoms with Gasteiger partial charge in [-0.15, -0.1) is 0 Å². The molecule has 0 bridgehead atoms. The van der Waals surface area contributed by atoms with Gasteiger partial charge in [-0.3, -0.25) is 0 Å². The molecule has 0 radical (unpaired) electrons. The van der Waals surface area contributed by atoms with E-state index in [9.17, 15) is 5.11 Å². The molecular formula is C13H12ClNO. The zero-order chi connectivity index (χ0) is 11.5. The third kappa shape index (κ3) is 2.47. The normalized spacial score (nSPS) is 10.1. The van der Waals surface area contributed by atoms with Crippen molar-refractivity contribution < 1.29 is 5.11 Å². The molecular weight excluding hydrogens is 222 g/mol. The highest BCUT2D eigenvalue weighted by Crippen LogP contribution is 2.27. The average molecular weight is 234 g/mol. The highest BCUT2D eigenvalue weighted by molar-refractivity contribution is 6.32. The fourth-order valence-electron chi connectivity index (χ4n) is 1.39. The van der Waals surface area contributed by atoms with Gasteiger partial charge in [0.1, 0.15) is 5.75 Å². The molecule has 0 aliphatic carbocycles. The number of hydrogen-bond donors (Lipinski definition) is 2.